The van der Waals surface area contributed by atoms with Crippen molar-refractivity contribution in [3.05, 3.63) is 34.1 Å². The number of benzene rings is 1. The summed E-state index contributed by atoms with van der Waals surface area (Å²) in [4.78, 5) is 4.40. The summed E-state index contributed by atoms with van der Waals surface area (Å²) in [5.41, 5.74) is 8.08. The minimum atomic E-state index is -0.280. The summed E-state index contributed by atoms with van der Waals surface area (Å²) >= 11 is 3.52. The molecule has 0 aliphatic carbocycles. The SMILES string of the molecule is Cc1ccc(-c2noc([C@@H](N)C(C)(C)C)n2)c(Br)c1. The highest BCUT2D eigenvalue weighted by Crippen LogP contribution is 2.32. The van der Waals surface area contributed by atoms with Crippen molar-refractivity contribution < 1.29 is 4.52 Å². The second-order valence-corrected chi connectivity index (χ2v) is 6.64. The van der Waals surface area contributed by atoms with Crippen LogP contribution in [0.15, 0.2) is 27.2 Å². The van der Waals surface area contributed by atoms with Gasteiger partial charge in [0.1, 0.15) is 0 Å². The Bertz CT molecular complexity index is 587. The standard InChI is InChI=1S/C14H18BrN3O/c1-8-5-6-9(10(15)7-8)12-17-13(19-18-12)11(16)14(2,3)4/h5-7,11H,16H2,1-4H3/t11-/m1/s1. The molecule has 5 heteroatoms. The van der Waals surface area contributed by atoms with E-state index in [0.717, 1.165) is 10.0 Å². The lowest BCUT2D eigenvalue weighted by Gasteiger charge is -2.23. The lowest BCUT2D eigenvalue weighted by Crippen LogP contribution is -2.26. The zero-order chi connectivity index (χ0) is 14.2. The molecule has 1 atom stereocenters. The minimum absolute atomic E-state index is 0.117. The smallest absolute Gasteiger partial charge is 0.244 e. The monoisotopic (exact) mass is 323 g/mol. The second kappa shape index (κ2) is 5.06. The lowest BCUT2D eigenvalue weighted by molar-refractivity contribution is 0.253. The Hall–Kier alpha value is -1.20. The molecule has 0 unspecified atom stereocenters. The fraction of sp³-hybridized carbons (Fsp3) is 0.429. The van der Waals surface area contributed by atoms with E-state index in [4.69, 9.17) is 10.3 Å². The molecule has 0 saturated heterocycles. The Morgan fingerprint density at radius 2 is 2.00 bits per heavy atom. The maximum atomic E-state index is 6.12. The summed E-state index contributed by atoms with van der Waals surface area (Å²) in [7, 11) is 0. The number of halogens is 1. The van der Waals surface area contributed by atoms with Crippen LogP contribution in [-0.2, 0) is 0 Å². The molecule has 0 fully saturated rings. The average molecular weight is 324 g/mol. The summed E-state index contributed by atoms with van der Waals surface area (Å²) in [6, 6.07) is 5.73. The molecule has 0 spiro atoms. The number of hydrogen-bond donors (Lipinski definition) is 1. The molecule has 2 aromatic rings. The molecule has 102 valence electrons. The van der Waals surface area contributed by atoms with Gasteiger partial charge in [0.2, 0.25) is 11.7 Å². The van der Waals surface area contributed by atoms with Crippen molar-refractivity contribution in [2.45, 2.75) is 33.7 Å². The summed E-state index contributed by atoms with van der Waals surface area (Å²) in [6.07, 6.45) is 0. The Kier molecular flexibility index (Phi) is 3.78. The van der Waals surface area contributed by atoms with Crippen molar-refractivity contribution in [1.29, 1.82) is 0 Å². The number of hydrogen-bond acceptors (Lipinski definition) is 4. The third kappa shape index (κ3) is 3.04. The largest absolute Gasteiger partial charge is 0.337 e. The maximum absolute atomic E-state index is 6.12. The molecular weight excluding hydrogens is 306 g/mol. The van der Waals surface area contributed by atoms with Crippen molar-refractivity contribution in [3.63, 3.8) is 0 Å². The minimum Gasteiger partial charge on any atom is -0.337 e. The van der Waals surface area contributed by atoms with Crippen molar-refractivity contribution >= 4 is 15.9 Å². The van der Waals surface area contributed by atoms with Gasteiger partial charge in [-0.25, -0.2) is 0 Å². The summed E-state index contributed by atoms with van der Waals surface area (Å²) in [5, 5.41) is 4.02. The molecule has 0 bridgehead atoms. The van der Waals surface area contributed by atoms with Gasteiger partial charge in [0.25, 0.3) is 0 Å². The average Bonchev–Trinajstić information content (AvgIpc) is 2.75. The first kappa shape index (κ1) is 14.2. The van der Waals surface area contributed by atoms with E-state index in [1.807, 2.05) is 45.9 Å². The molecule has 2 N–H and O–H groups in total. The quantitative estimate of drug-likeness (QED) is 0.911. The van der Waals surface area contributed by atoms with Crippen LogP contribution in [0.3, 0.4) is 0 Å². The van der Waals surface area contributed by atoms with E-state index >= 15 is 0 Å². The van der Waals surface area contributed by atoms with Gasteiger partial charge in [-0.1, -0.05) is 47.9 Å². The van der Waals surface area contributed by atoms with Gasteiger partial charge in [-0.15, -0.1) is 0 Å². The molecule has 0 saturated carbocycles. The summed E-state index contributed by atoms with van der Waals surface area (Å²) in [6.45, 7) is 8.17. The zero-order valence-corrected chi connectivity index (χ0v) is 13.2. The van der Waals surface area contributed by atoms with Crippen LogP contribution < -0.4 is 5.73 Å². The third-order valence-electron chi connectivity index (χ3n) is 3.01. The van der Waals surface area contributed by atoms with Gasteiger partial charge in [-0.05, 0) is 30.0 Å². The fourth-order valence-electron chi connectivity index (χ4n) is 1.64. The highest BCUT2D eigenvalue weighted by atomic mass is 79.9. The molecule has 1 heterocycles. The van der Waals surface area contributed by atoms with Crippen LogP contribution in [0.1, 0.15) is 38.3 Å². The van der Waals surface area contributed by atoms with Gasteiger partial charge in [0.15, 0.2) is 0 Å². The number of nitrogens with zero attached hydrogens (tertiary/aromatic N) is 2. The van der Waals surface area contributed by atoms with E-state index in [1.165, 1.54) is 5.56 Å². The number of aryl methyl sites for hydroxylation is 1. The van der Waals surface area contributed by atoms with Gasteiger partial charge >= 0.3 is 0 Å². The fourth-order valence-corrected chi connectivity index (χ4v) is 2.31. The van der Waals surface area contributed by atoms with Crippen LogP contribution in [0.25, 0.3) is 11.4 Å². The van der Waals surface area contributed by atoms with E-state index in [2.05, 4.69) is 26.1 Å². The van der Waals surface area contributed by atoms with Crippen molar-refractivity contribution in [2.75, 3.05) is 0 Å². The van der Waals surface area contributed by atoms with Crippen molar-refractivity contribution in [2.24, 2.45) is 11.1 Å². The molecule has 0 aliphatic heterocycles. The van der Waals surface area contributed by atoms with Crippen LogP contribution in [0.2, 0.25) is 0 Å². The second-order valence-electron chi connectivity index (χ2n) is 5.78. The van der Waals surface area contributed by atoms with E-state index < -0.39 is 0 Å². The van der Waals surface area contributed by atoms with Gasteiger partial charge in [0, 0.05) is 10.0 Å². The predicted octanol–water partition coefficient (Wildman–Crippen LogP) is 3.85. The molecule has 1 aromatic heterocycles. The topological polar surface area (TPSA) is 64.9 Å². The molecule has 0 amide bonds. The molecule has 4 nitrogen and oxygen atoms in total. The van der Waals surface area contributed by atoms with Crippen LogP contribution in [0.4, 0.5) is 0 Å². The molecule has 19 heavy (non-hydrogen) atoms. The van der Waals surface area contributed by atoms with Crippen LogP contribution in [0, 0.1) is 12.3 Å². The predicted molar refractivity (Wildman–Crippen MR) is 78.6 cm³/mol. The third-order valence-corrected chi connectivity index (χ3v) is 3.66. The molecule has 2 rings (SSSR count). The van der Waals surface area contributed by atoms with Gasteiger partial charge in [0.05, 0.1) is 6.04 Å². The van der Waals surface area contributed by atoms with Crippen molar-refractivity contribution in [1.82, 2.24) is 10.1 Å². The number of aromatic nitrogens is 2. The highest BCUT2D eigenvalue weighted by Gasteiger charge is 2.27. The normalized spacial score (nSPS) is 13.6. The Balaban J connectivity index is 2.36. The van der Waals surface area contributed by atoms with Crippen LogP contribution in [0.5, 0.6) is 0 Å². The molecule has 1 aromatic carbocycles. The van der Waals surface area contributed by atoms with E-state index in [-0.39, 0.29) is 11.5 Å². The van der Waals surface area contributed by atoms with E-state index in [9.17, 15) is 0 Å². The summed E-state index contributed by atoms with van der Waals surface area (Å²) in [5.74, 6) is 1.02. The van der Waals surface area contributed by atoms with Crippen LogP contribution in [-0.4, -0.2) is 10.1 Å². The van der Waals surface area contributed by atoms with E-state index in [0.29, 0.717) is 11.7 Å². The molecule has 0 radical (unpaired) electrons. The number of nitrogens with two attached hydrogens (primary N) is 1. The lowest BCUT2D eigenvalue weighted by atomic mass is 9.87. The van der Waals surface area contributed by atoms with Crippen molar-refractivity contribution in [3.8, 4) is 11.4 Å². The Morgan fingerprint density at radius 1 is 1.32 bits per heavy atom. The van der Waals surface area contributed by atoms with Gasteiger partial charge in [-0.2, -0.15) is 4.98 Å². The molecular formula is C14H18BrN3O. The first-order valence-electron chi connectivity index (χ1n) is 6.15. The Labute approximate surface area is 121 Å². The zero-order valence-electron chi connectivity index (χ0n) is 11.6. The maximum Gasteiger partial charge on any atom is 0.244 e. The highest BCUT2D eigenvalue weighted by molar-refractivity contribution is 9.10. The summed E-state index contributed by atoms with van der Waals surface area (Å²) < 4.78 is 6.23. The molecule has 0 aliphatic rings. The van der Waals surface area contributed by atoms with Gasteiger partial charge < -0.3 is 10.3 Å². The number of rotatable bonds is 2. The Morgan fingerprint density at radius 3 is 2.58 bits per heavy atom. The first-order valence-corrected chi connectivity index (χ1v) is 6.94. The van der Waals surface area contributed by atoms with Gasteiger partial charge in [-0.3, -0.25) is 0 Å². The van der Waals surface area contributed by atoms with E-state index in [1.54, 1.807) is 0 Å². The first-order chi connectivity index (χ1) is 8.79. The van der Waals surface area contributed by atoms with Crippen LogP contribution >= 0.6 is 15.9 Å².